The molecule has 2 rings (SSSR count). The molecule has 1 atom stereocenters. The Kier molecular flexibility index (Phi) is 4.80. The van der Waals surface area contributed by atoms with Crippen LogP contribution in [0, 0.1) is 0 Å². The molecule has 1 aromatic heterocycles. The summed E-state index contributed by atoms with van der Waals surface area (Å²) in [5.41, 5.74) is 0. The maximum Gasteiger partial charge on any atom is 0.153 e. The van der Waals surface area contributed by atoms with Crippen LogP contribution in [0.2, 0.25) is 0 Å². The molecule has 0 amide bonds. The highest BCUT2D eigenvalue weighted by atomic mass is 32.2. The third-order valence-electron chi connectivity index (χ3n) is 3.52. The summed E-state index contributed by atoms with van der Waals surface area (Å²) in [5.74, 6) is 2.59. The monoisotopic (exact) mass is 300 g/mol. The van der Waals surface area contributed by atoms with Gasteiger partial charge in [-0.2, -0.15) is 5.10 Å². The fraction of sp³-hybridized carbons (Fsp3) is 0.846. The summed E-state index contributed by atoms with van der Waals surface area (Å²) in [4.78, 5) is 4.56. The molecule has 0 spiro atoms. The van der Waals surface area contributed by atoms with E-state index >= 15 is 0 Å². The van der Waals surface area contributed by atoms with Crippen LogP contribution in [0.1, 0.15) is 44.3 Å². The molecule has 20 heavy (non-hydrogen) atoms. The molecule has 0 saturated carbocycles. The van der Waals surface area contributed by atoms with Crippen LogP contribution in [-0.2, 0) is 22.8 Å². The first-order valence-corrected chi connectivity index (χ1v) is 9.26. The van der Waals surface area contributed by atoms with Crippen LogP contribution in [0.15, 0.2) is 0 Å². The van der Waals surface area contributed by atoms with Crippen LogP contribution in [0.25, 0.3) is 0 Å². The van der Waals surface area contributed by atoms with Crippen molar-refractivity contribution in [3.8, 4) is 0 Å². The molecule has 1 aliphatic rings. The minimum atomic E-state index is -2.85. The number of fused-ring (bicyclic) bond motifs is 1. The van der Waals surface area contributed by atoms with Crippen LogP contribution >= 0.6 is 0 Å². The van der Waals surface area contributed by atoms with Gasteiger partial charge in [0.25, 0.3) is 0 Å². The average Bonchev–Trinajstić information content (AvgIpc) is 2.76. The molecule has 0 saturated heterocycles. The van der Waals surface area contributed by atoms with Gasteiger partial charge >= 0.3 is 0 Å². The molecule has 1 aliphatic heterocycles. The van der Waals surface area contributed by atoms with Gasteiger partial charge < -0.3 is 5.32 Å². The Labute approximate surface area is 120 Å². The van der Waals surface area contributed by atoms with Gasteiger partial charge in [0, 0.05) is 24.6 Å². The largest absolute Gasteiger partial charge is 0.312 e. The van der Waals surface area contributed by atoms with Crippen molar-refractivity contribution in [1.29, 1.82) is 0 Å². The van der Waals surface area contributed by atoms with E-state index in [1.807, 2.05) is 4.68 Å². The molecular weight excluding hydrogens is 276 g/mol. The summed E-state index contributed by atoms with van der Waals surface area (Å²) < 4.78 is 24.1. The van der Waals surface area contributed by atoms with Crippen molar-refractivity contribution < 1.29 is 8.42 Å². The predicted molar refractivity (Wildman–Crippen MR) is 78.6 cm³/mol. The lowest BCUT2D eigenvalue weighted by atomic mass is 10.1. The number of rotatable bonds is 6. The van der Waals surface area contributed by atoms with Crippen LogP contribution in [-0.4, -0.2) is 47.8 Å². The summed E-state index contributed by atoms with van der Waals surface area (Å²) in [6.45, 7) is 5.76. The highest BCUT2D eigenvalue weighted by molar-refractivity contribution is 7.90. The quantitative estimate of drug-likeness (QED) is 0.784. The molecule has 7 heteroatoms. The maximum atomic E-state index is 11.1. The number of aryl methyl sites for hydroxylation is 1. The van der Waals surface area contributed by atoms with Crippen molar-refractivity contribution in [2.45, 2.75) is 51.6 Å². The number of nitrogens with zero attached hydrogens (tertiary/aromatic N) is 3. The first-order chi connectivity index (χ1) is 9.35. The first-order valence-electron chi connectivity index (χ1n) is 7.20. The number of hydrogen-bond acceptors (Lipinski definition) is 5. The Balaban J connectivity index is 1.82. The van der Waals surface area contributed by atoms with E-state index < -0.39 is 9.84 Å². The third kappa shape index (κ3) is 4.28. The number of sulfone groups is 1. The van der Waals surface area contributed by atoms with Gasteiger partial charge in [0.1, 0.15) is 15.7 Å². The van der Waals surface area contributed by atoms with Crippen LogP contribution in [0.4, 0.5) is 0 Å². The van der Waals surface area contributed by atoms with Gasteiger partial charge in [0.05, 0.1) is 12.3 Å². The van der Waals surface area contributed by atoms with Gasteiger partial charge in [-0.1, -0.05) is 13.8 Å². The number of hydrogen-bond donors (Lipinski definition) is 1. The van der Waals surface area contributed by atoms with E-state index in [1.54, 1.807) is 0 Å². The summed E-state index contributed by atoms with van der Waals surface area (Å²) in [6.07, 6.45) is 3.91. The minimum absolute atomic E-state index is 0.249. The summed E-state index contributed by atoms with van der Waals surface area (Å²) in [7, 11) is -2.85. The lowest BCUT2D eigenvalue weighted by Gasteiger charge is -2.23. The molecular formula is C13H24N4O2S. The normalized spacial score (nSPS) is 19.3. The van der Waals surface area contributed by atoms with E-state index in [0.717, 1.165) is 37.6 Å². The Morgan fingerprint density at radius 1 is 1.45 bits per heavy atom. The molecule has 114 valence electrons. The molecule has 0 radical (unpaired) electrons. The fourth-order valence-corrected chi connectivity index (χ4v) is 3.05. The van der Waals surface area contributed by atoms with Crippen molar-refractivity contribution in [3.05, 3.63) is 11.6 Å². The Morgan fingerprint density at radius 2 is 2.20 bits per heavy atom. The SMILES string of the molecule is CC(C)c1nc2n(n1)C[C@@H](NCCCS(C)(=O)=O)CC2. The molecule has 0 fully saturated rings. The van der Waals surface area contributed by atoms with Gasteiger partial charge in [-0.05, 0) is 19.4 Å². The fourth-order valence-electron chi connectivity index (χ4n) is 2.38. The van der Waals surface area contributed by atoms with Gasteiger partial charge in [-0.3, -0.25) is 0 Å². The summed E-state index contributed by atoms with van der Waals surface area (Å²) in [5, 5.41) is 7.96. The zero-order chi connectivity index (χ0) is 14.8. The topological polar surface area (TPSA) is 76.9 Å². The van der Waals surface area contributed by atoms with Crippen LogP contribution < -0.4 is 5.32 Å². The second-order valence-corrected chi connectivity index (χ2v) is 8.16. The van der Waals surface area contributed by atoms with Gasteiger partial charge in [-0.25, -0.2) is 18.1 Å². The molecule has 0 unspecified atom stereocenters. The van der Waals surface area contributed by atoms with Crippen molar-refractivity contribution in [2.75, 3.05) is 18.6 Å². The molecule has 2 heterocycles. The van der Waals surface area contributed by atoms with Crippen molar-refractivity contribution in [2.24, 2.45) is 0 Å². The van der Waals surface area contributed by atoms with Gasteiger partial charge in [0.2, 0.25) is 0 Å². The van der Waals surface area contributed by atoms with Crippen molar-refractivity contribution in [1.82, 2.24) is 20.1 Å². The highest BCUT2D eigenvalue weighted by Crippen LogP contribution is 2.16. The zero-order valence-corrected chi connectivity index (χ0v) is 13.3. The lowest BCUT2D eigenvalue weighted by Crippen LogP contribution is -2.38. The van der Waals surface area contributed by atoms with Crippen molar-refractivity contribution in [3.63, 3.8) is 0 Å². The van der Waals surface area contributed by atoms with E-state index in [9.17, 15) is 8.42 Å². The zero-order valence-electron chi connectivity index (χ0n) is 12.5. The Hall–Kier alpha value is -0.950. The molecule has 1 aromatic rings. The molecule has 0 aromatic carbocycles. The average molecular weight is 300 g/mol. The van der Waals surface area contributed by atoms with E-state index in [4.69, 9.17) is 0 Å². The third-order valence-corrected chi connectivity index (χ3v) is 4.55. The maximum absolute atomic E-state index is 11.1. The standard InChI is InChI=1S/C13H24N4O2S/c1-10(2)13-15-12-6-5-11(9-17(12)16-13)14-7-4-8-20(3,18)19/h10-11,14H,4-9H2,1-3H3/t11-/m0/s1. The number of aromatic nitrogens is 3. The van der Waals surface area contributed by atoms with Gasteiger partial charge in [0.15, 0.2) is 5.82 Å². The highest BCUT2D eigenvalue weighted by Gasteiger charge is 2.21. The number of nitrogens with one attached hydrogen (secondary N) is 1. The summed E-state index contributed by atoms with van der Waals surface area (Å²) >= 11 is 0. The van der Waals surface area contributed by atoms with Gasteiger partial charge in [-0.15, -0.1) is 0 Å². The predicted octanol–water partition coefficient (Wildman–Crippen LogP) is 0.741. The van der Waals surface area contributed by atoms with Crippen molar-refractivity contribution >= 4 is 9.84 Å². The second-order valence-electron chi connectivity index (χ2n) is 5.90. The van der Waals surface area contributed by atoms with Crippen LogP contribution in [0.5, 0.6) is 0 Å². The second kappa shape index (κ2) is 6.22. The van der Waals surface area contributed by atoms with E-state index in [2.05, 4.69) is 29.2 Å². The molecule has 0 aliphatic carbocycles. The van der Waals surface area contributed by atoms with Crippen LogP contribution in [0.3, 0.4) is 0 Å². The molecule has 6 nitrogen and oxygen atoms in total. The lowest BCUT2D eigenvalue weighted by molar-refractivity contribution is 0.359. The summed E-state index contributed by atoms with van der Waals surface area (Å²) in [6, 6.07) is 0.365. The van der Waals surface area contributed by atoms with E-state index in [1.165, 1.54) is 6.26 Å². The minimum Gasteiger partial charge on any atom is -0.312 e. The molecule has 1 N–H and O–H groups in total. The molecule has 0 bridgehead atoms. The van der Waals surface area contributed by atoms with E-state index in [0.29, 0.717) is 18.4 Å². The smallest absolute Gasteiger partial charge is 0.153 e. The Morgan fingerprint density at radius 3 is 2.85 bits per heavy atom. The first kappa shape index (κ1) is 15.4. The van der Waals surface area contributed by atoms with E-state index in [-0.39, 0.29) is 5.75 Å². The Bertz CT molecular complexity index is 551.